The Morgan fingerprint density at radius 1 is 1.23 bits per heavy atom. The molecule has 3 rings (SSSR count). The number of amides is 1. The quantitative estimate of drug-likeness (QED) is 0.644. The van der Waals surface area contributed by atoms with Crippen LogP contribution in [0.4, 0.5) is 5.00 Å². The van der Waals surface area contributed by atoms with Crippen LogP contribution in [0.15, 0.2) is 40.1 Å². The first-order chi connectivity index (χ1) is 12.3. The van der Waals surface area contributed by atoms with Crippen LogP contribution in [-0.4, -0.2) is 18.0 Å². The van der Waals surface area contributed by atoms with Crippen LogP contribution in [0, 0.1) is 5.41 Å². The second kappa shape index (κ2) is 7.31. The first-order valence-corrected chi connectivity index (χ1v) is 8.98. The standard InChI is InChI=1S/C18H15ClN2O4S/c1-9(2)24-18(23)12-5-6-26-17(12)21-16(22)13-8-10-7-11(19)3-4-14(10)25-15(13)20/h3-9,20H,1-2H3,(H,21,22). The number of nitrogens with one attached hydrogen (secondary N) is 2. The van der Waals surface area contributed by atoms with Crippen molar-refractivity contribution in [3.05, 3.63) is 57.4 Å². The highest BCUT2D eigenvalue weighted by Crippen LogP contribution is 2.25. The molecule has 3 aromatic rings. The third-order valence-corrected chi connectivity index (χ3v) is 4.49. The molecular formula is C18H15ClN2O4S. The van der Waals surface area contributed by atoms with Crippen molar-refractivity contribution in [2.45, 2.75) is 20.0 Å². The lowest BCUT2D eigenvalue weighted by molar-refractivity contribution is 0.0379. The molecule has 2 aromatic heterocycles. The number of hydrogen-bond donors (Lipinski definition) is 2. The number of rotatable bonds is 4. The van der Waals surface area contributed by atoms with E-state index in [9.17, 15) is 9.59 Å². The molecule has 134 valence electrons. The number of hydrogen-bond acceptors (Lipinski definition) is 6. The number of ether oxygens (including phenoxy) is 1. The predicted octanol–water partition coefficient (Wildman–Crippen LogP) is 4.44. The van der Waals surface area contributed by atoms with E-state index in [0.29, 0.717) is 21.0 Å². The molecule has 0 aliphatic rings. The minimum absolute atomic E-state index is 0.0383. The van der Waals surface area contributed by atoms with Gasteiger partial charge < -0.3 is 14.5 Å². The van der Waals surface area contributed by atoms with Crippen molar-refractivity contribution < 1.29 is 18.7 Å². The Kier molecular flexibility index (Phi) is 5.11. The zero-order valence-corrected chi connectivity index (χ0v) is 15.5. The van der Waals surface area contributed by atoms with Crippen LogP contribution in [0.25, 0.3) is 11.0 Å². The summed E-state index contributed by atoms with van der Waals surface area (Å²) in [4.78, 5) is 24.7. The molecule has 0 radical (unpaired) electrons. The minimum atomic E-state index is -0.554. The Morgan fingerprint density at radius 2 is 2.00 bits per heavy atom. The largest absolute Gasteiger partial charge is 0.459 e. The lowest BCUT2D eigenvalue weighted by atomic mass is 10.1. The molecule has 0 aliphatic heterocycles. The smallest absolute Gasteiger partial charge is 0.341 e. The van der Waals surface area contributed by atoms with Gasteiger partial charge in [-0.2, -0.15) is 0 Å². The maximum atomic E-state index is 12.6. The Balaban J connectivity index is 1.91. The van der Waals surface area contributed by atoms with E-state index in [1.165, 1.54) is 17.4 Å². The third-order valence-electron chi connectivity index (χ3n) is 3.43. The van der Waals surface area contributed by atoms with Gasteiger partial charge >= 0.3 is 5.97 Å². The summed E-state index contributed by atoms with van der Waals surface area (Å²) in [6, 6.07) is 8.04. The Labute approximate surface area is 157 Å². The second-order valence-corrected chi connectivity index (χ2v) is 7.10. The summed E-state index contributed by atoms with van der Waals surface area (Å²) in [6.07, 6.45) is -0.269. The molecule has 0 spiro atoms. The van der Waals surface area contributed by atoms with Crippen molar-refractivity contribution in [1.82, 2.24) is 0 Å². The number of fused-ring (bicyclic) bond motifs is 1. The molecular weight excluding hydrogens is 376 g/mol. The summed E-state index contributed by atoms with van der Waals surface area (Å²) >= 11 is 7.16. The number of thiophene rings is 1. The number of carbonyl (C=O) groups is 2. The van der Waals surface area contributed by atoms with Gasteiger partial charge in [0, 0.05) is 10.4 Å². The molecule has 0 fully saturated rings. The van der Waals surface area contributed by atoms with E-state index in [4.69, 9.17) is 26.2 Å². The average molecular weight is 391 g/mol. The van der Waals surface area contributed by atoms with Crippen LogP contribution in [0.3, 0.4) is 0 Å². The molecule has 0 bridgehead atoms. The maximum Gasteiger partial charge on any atom is 0.341 e. The molecule has 1 aromatic carbocycles. The maximum absolute atomic E-state index is 12.6. The van der Waals surface area contributed by atoms with E-state index in [2.05, 4.69) is 5.32 Å². The van der Waals surface area contributed by atoms with E-state index >= 15 is 0 Å². The van der Waals surface area contributed by atoms with Gasteiger partial charge in [0.05, 0.1) is 11.7 Å². The monoisotopic (exact) mass is 390 g/mol. The van der Waals surface area contributed by atoms with Gasteiger partial charge in [0.25, 0.3) is 5.91 Å². The van der Waals surface area contributed by atoms with Crippen molar-refractivity contribution in [1.29, 1.82) is 5.41 Å². The van der Waals surface area contributed by atoms with E-state index in [0.717, 1.165) is 0 Å². The summed E-state index contributed by atoms with van der Waals surface area (Å²) in [5.41, 5.74) is 0.481. The lowest BCUT2D eigenvalue weighted by Crippen LogP contribution is -2.21. The van der Waals surface area contributed by atoms with Crippen LogP contribution < -0.4 is 10.9 Å². The van der Waals surface area contributed by atoms with Crippen LogP contribution >= 0.6 is 22.9 Å². The number of carbonyl (C=O) groups excluding carboxylic acids is 2. The van der Waals surface area contributed by atoms with E-state index in [1.807, 2.05) is 0 Å². The molecule has 0 aliphatic carbocycles. The van der Waals surface area contributed by atoms with Gasteiger partial charge in [-0.25, -0.2) is 4.79 Å². The van der Waals surface area contributed by atoms with E-state index in [1.54, 1.807) is 43.5 Å². The topological polar surface area (TPSA) is 92.4 Å². The van der Waals surface area contributed by atoms with Gasteiger partial charge in [-0.3, -0.25) is 10.2 Å². The van der Waals surface area contributed by atoms with Crippen molar-refractivity contribution in [3.8, 4) is 0 Å². The molecule has 2 N–H and O–H groups in total. The Hall–Kier alpha value is -2.64. The number of esters is 1. The fourth-order valence-corrected chi connectivity index (χ4v) is 3.25. The lowest BCUT2D eigenvalue weighted by Gasteiger charge is -2.09. The average Bonchev–Trinajstić information content (AvgIpc) is 3.02. The fraction of sp³-hybridized carbons (Fsp3) is 0.167. The molecule has 0 atom stereocenters. The van der Waals surface area contributed by atoms with Crippen LogP contribution in [0.2, 0.25) is 5.02 Å². The van der Waals surface area contributed by atoms with Crippen molar-refractivity contribution in [3.63, 3.8) is 0 Å². The molecule has 0 saturated heterocycles. The van der Waals surface area contributed by atoms with Crippen molar-refractivity contribution in [2.24, 2.45) is 0 Å². The molecule has 8 heteroatoms. The van der Waals surface area contributed by atoms with E-state index in [-0.39, 0.29) is 22.8 Å². The van der Waals surface area contributed by atoms with Crippen LogP contribution in [0.5, 0.6) is 0 Å². The normalized spacial score (nSPS) is 10.9. The van der Waals surface area contributed by atoms with Crippen LogP contribution in [-0.2, 0) is 4.74 Å². The van der Waals surface area contributed by atoms with E-state index < -0.39 is 11.9 Å². The summed E-state index contributed by atoms with van der Waals surface area (Å²) in [5, 5.41) is 13.7. The first kappa shape index (κ1) is 18.2. The summed E-state index contributed by atoms with van der Waals surface area (Å²) in [6.45, 7) is 3.49. The number of benzene rings is 1. The molecule has 0 saturated carbocycles. The number of anilines is 1. The van der Waals surface area contributed by atoms with Gasteiger partial charge in [0.2, 0.25) is 5.55 Å². The highest BCUT2D eigenvalue weighted by Gasteiger charge is 2.19. The minimum Gasteiger partial charge on any atom is -0.459 e. The SMILES string of the molecule is CC(C)OC(=O)c1ccsc1NC(=O)c1cc2cc(Cl)ccc2oc1=N. The first-order valence-electron chi connectivity index (χ1n) is 7.73. The summed E-state index contributed by atoms with van der Waals surface area (Å²) in [5.74, 6) is -1.07. The number of halogens is 1. The molecule has 26 heavy (non-hydrogen) atoms. The zero-order chi connectivity index (χ0) is 18.8. The molecule has 0 unspecified atom stereocenters. The van der Waals surface area contributed by atoms with Crippen LogP contribution in [0.1, 0.15) is 34.6 Å². The molecule has 6 nitrogen and oxygen atoms in total. The van der Waals surface area contributed by atoms with Gasteiger partial charge in [0.1, 0.15) is 16.1 Å². The molecule has 1 amide bonds. The van der Waals surface area contributed by atoms with Gasteiger partial charge in [-0.15, -0.1) is 11.3 Å². The van der Waals surface area contributed by atoms with Gasteiger partial charge in [-0.05, 0) is 49.6 Å². The molecule has 2 heterocycles. The highest BCUT2D eigenvalue weighted by atomic mass is 35.5. The Morgan fingerprint density at radius 3 is 2.73 bits per heavy atom. The predicted molar refractivity (Wildman–Crippen MR) is 99.9 cm³/mol. The zero-order valence-electron chi connectivity index (χ0n) is 14.0. The van der Waals surface area contributed by atoms with Crippen molar-refractivity contribution >= 4 is 50.8 Å². The fourth-order valence-electron chi connectivity index (χ4n) is 2.29. The Bertz CT molecular complexity index is 1050. The second-order valence-electron chi connectivity index (χ2n) is 5.74. The third kappa shape index (κ3) is 3.79. The van der Waals surface area contributed by atoms with Crippen molar-refractivity contribution in [2.75, 3.05) is 5.32 Å². The summed E-state index contributed by atoms with van der Waals surface area (Å²) in [7, 11) is 0. The van der Waals surface area contributed by atoms with Gasteiger partial charge in [0.15, 0.2) is 0 Å². The summed E-state index contributed by atoms with van der Waals surface area (Å²) < 4.78 is 10.5. The highest BCUT2D eigenvalue weighted by molar-refractivity contribution is 7.14. The van der Waals surface area contributed by atoms with Gasteiger partial charge in [-0.1, -0.05) is 11.6 Å².